The van der Waals surface area contributed by atoms with Gasteiger partial charge in [0.1, 0.15) is 7.85 Å². The van der Waals surface area contributed by atoms with Crippen LogP contribution in [0.4, 0.5) is 0 Å². The Morgan fingerprint density at radius 3 is 1.70 bits per heavy atom. The van der Waals surface area contributed by atoms with Crippen LogP contribution in [0, 0.1) is 0 Å². The topological polar surface area (TPSA) is 63.0 Å². The molecule has 0 unspecified atom stereocenters. The van der Waals surface area contributed by atoms with Crippen LogP contribution in [0.2, 0.25) is 0 Å². The molecule has 1 aromatic rings. The smallest absolute Gasteiger partial charge is 0.139 e. The van der Waals surface area contributed by atoms with Gasteiger partial charge in [-0.05, 0) is 12.1 Å². The largest absolute Gasteiger partial charge is 0.412 e. The second-order valence-electron chi connectivity index (χ2n) is 1.80. The lowest BCUT2D eigenvalue weighted by molar-refractivity contribution is 0.823. The number of halogens is 1. The zero-order chi connectivity index (χ0) is 5.98. The Balaban J connectivity index is 0. The zero-order valence-corrected chi connectivity index (χ0v) is 7.27. The summed E-state index contributed by atoms with van der Waals surface area (Å²) < 4.78 is 1.14. The van der Waals surface area contributed by atoms with Crippen molar-refractivity contribution in [2.75, 3.05) is 0 Å². The lowest BCUT2D eigenvalue weighted by Gasteiger charge is -1.88. The van der Waals surface area contributed by atoms with Crippen LogP contribution in [0.25, 0.3) is 0 Å². The maximum atomic E-state index is 3.35. The molecule has 4 N–H and O–H groups in total. The average Bonchev–Trinajstić information content (AvgIpc) is 1.77. The number of benzene rings is 1. The predicted molar refractivity (Wildman–Crippen MR) is 49.5 cm³/mol. The molecule has 2 nitrogen and oxygen atoms in total. The number of hydrogen-bond donors (Lipinski definition) is 0. The summed E-state index contributed by atoms with van der Waals surface area (Å²) in [6, 6.07) is 8.22. The first-order valence-electron chi connectivity index (χ1n) is 2.51. The summed E-state index contributed by atoms with van der Waals surface area (Å²) in [4.78, 5) is 0. The third-order valence-electron chi connectivity index (χ3n) is 1.01. The third kappa shape index (κ3) is 3.66. The molecule has 0 aliphatic rings. The normalized spacial score (nSPS) is 7.30. The molecule has 0 aliphatic carbocycles. The summed E-state index contributed by atoms with van der Waals surface area (Å²) in [6.07, 6.45) is 0. The van der Waals surface area contributed by atoms with Crippen LogP contribution in [-0.2, 0) is 0 Å². The maximum Gasteiger partial charge on any atom is 0.139 e. The summed E-state index contributed by atoms with van der Waals surface area (Å²) in [7, 11) is 2.08. The van der Waals surface area contributed by atoms with E-state index in [0.29, 0.717) is 0 Å². The Morgan fingerprint density at radius 1 is 1.00 bits per heavy atom. The molecule has 0 aliphatic heterocycles. The Bertz CT molecular complexity index is 155. The van der Waals surface area contributed by atoms with Crippen LogP contribution in [-0.4, -0.2) is 18.8 Å². The fourth-order valence-corrected chi connectivity index (χ4v) is 0.798. The van der Waals surface area contributed by atoms with Gasteiger partial charge in [0.2, 0.25) is 0 Å². The van der Waals surface area contributed by atoms with Crippen molar-refractivity contribution in [1.82, 2.24) is 0 Å². The van der Waals surface area contributed by atoms with Gasteiger partial charge in [0, 0.05) is 4.47 Å². The summed E-state index contributed by atoms with van der Waals surface area (Å²) >= 11 is 3.35. The maximum absolute atomic E-state index is 3.35. The van der Waals surface area contributed by atoms with Gasteiger partial charge in [0.15, 0.2) is 0 Å². The number of rotatable bonds is 0. The summed E-state index contributed by atoms with van der Waals surface area (Å²) in [5.74, 6) is 0. The highest BCUT2D eigenvalue weighted by Gasteiger charge is 1.81. The predicted octanol–water partition coefficient (Wildman–Crippen LogP) is -0.942. The minimum absolute atomic E-state index is 0. The standard InChI is InChI=1S/C6H6BBr.2H2O/c7-5-1-3-6(8)4-2-5;;/h1-4H,7H2;2*1H2. The van der Waals surface area contributed by atoms with Crippen molar-refractivity contribution in [3.05, 3.63) is 28.7 Å². The van der Waals surface area contributed by atoms with E-state index in [4.69, 9.17) is 0 Å². The first-order valence-corrected chi connectivity index (χ1v) is 3.30. The Labute approximate surface area is 69.4 Å². The molecule has 0 amide bonds. The molecule has 0 aromatic heterocycles. The molecule has 4 heteroatoms. The van der Waals surface area contributed by atoms with Gasteiger partial charge in [-0.25, -0.2) is 0 Å². The van der Waals surface area contributed by atoms with Crippen molar-refractivity contribution in [3.8, 4) is 0 Å². The van der Waals surface area contributed by atoms with Crippen molar-refractivity contribution in [2.45, 2.75) is 0 Å². The van der Waals surface area contributed by atoms with Crippen molar-refractivity contribution in [2.24, 2.45) is 0 Å². The Hall–Kier alpha value is -0.315. The van der Waals surface area contributed by atoms with Gasteiger partial charge >= 0.3 is 0 Å². The quantitative estimate of drug-likeness (QED) is 0.490. The Kier molecular flexibility index (Phi) is 6.76. The molecular formula is C6H10BBrO2. The fourth-order valence-electron chi connectivity index (χ4n) is 0.533. The molecule has 0 atom stereocenters. The van der Waals surface area contributed by atoms with Crippen molar-refractivity contribution >= 4 is 29.2 Å². The molecule has 0 saturated carbocycles. The summed E-state index contributed by atoms with van der Waals surface area (Å²) in [6.45, 7) is 0. The SMILES string of the molecule is Bc1ccc(Br)cc1.O.O. The second-order valence-corrected chi connectivity index (χ2v) is 2.71. The lowest BCUT2D eigenvalue weighted by Crippen LogP contribution is -1.97. The lowest BCUT2D eigenvalue weighted by atomic mass is 9.97. The van der Waals surface area contributed by atoms with Gasteiger partial charge in [-0.3, -0.25) is 0 Å². The third-order valence-corrected chi connectivity index (χ3v) is 1.54. The van der Waals surface area contributed by atoms with E-state index in [9.17, 15) is 0 Å². The number of hydrogen-bond acceptors (Lipinski definition) is 0. The Morgan fingerprint density at radius 2 is 1.40 bits per heavy atom. The molecule has 0 spiro atoms. The first kappa shape index (κ1) is 12.4. The molecule has 1 rings (SSSR count). The van der Waals surface area contributed by atoms with E-state index in [1.54, 1.807) is 0 Å². The van der Waals surface area contributed by atoms with Crippen LogP contribution in [0.15, 0.2) is 28.7 Å². The zero-order valence-electron chi connectivity index (χ0n) is 5.69. The molecule has 0 fully saturated rings. The van der Waals surface area contributed by atoms with Gasteiger partial charge < -0.3 is 11.0 Å². The molecule has 0 radical (unpaired) electrons. The monoisotopic (exact) mass is 204 g/mol. The highest BCUT2D eigenvalue weighted by molar-refractivity contribution is 9.10. The molecule has 0 bridgehead atoms. The van der Waals surface area contributed by atoms with Gasteiger partial charge in [-0.15, -0.1) is 0 Å². The van der Waals surface area contributed by atoms with E-state index in [1.165, 1.54) is 5.46 Å². The van der Waals surface area contributed by atoms with Crippen LogP contribution in [0.5, 0.6) is 0 Å². The van der Waals surface area contributed by atoms with Gasteiger partial charge in [-0.1, -0.05) is 33.5 Å². The van der Waals surface area contributed by atoms with Crippen LogP contribution in [0.3, 0.4) is 0 Å². The van der Waals surface area contributed by atoms with Crippen molar-refractivity contribution in [1.29, 1.82) is 0 Å². The minimum Gasteiger partial charge on any atom is -0.412 e. The highest BCUT2D eigenvalue weighted by Crippen LogP contribution is 2.04. The second kappa shape index (κ2) is 5.47. The van der Waals surface area contributed by atoms with E-state index in [0.717, 1.165) is 4.47 Å². The van der Waals surface area contributed by atoms with E-state index in [1.807, 2.05) is 12.1 Å². The minimum atomic E-state index is 0. The highest BCUT2D eigenvalue weighted by atomic mass is 79.9. The molecule has 0 saturated heterocycles. The van der Waals surface area contributed by atoms with E-state index in [2.05, 4.69) is 35.9 Å². The molecule has 10 heavy (non-hydrogen) atoms. The van der Waals surface area contributed by atoms with Gasteiger partial charge in [0.25, 0.3) is 0 Å². The molecular weight excluding hydrogens is 195 g/mol. The molecule has 0 heterocycles. The molecule has 1 aromatic carbocycles. The fraction of sp³-hybridized carbons (Fsp3) is 0. The first-order chi connectivity index (χ1) is 3.79. The van der Waals surface area contributed by atoms with Crippen LogP contribution >= 0.6 is 15.9 Å². The average molecular weight is 205 g/mol. The van der Waals surface area contributed by atoms with Crippen LogP contribution < -0.4 is 5.46 Å². The van der Waals surface area contributed by atoms with E-state index in [-0.39, 0.29) is 11.0 Å². The summed E-state index contributed by atoms with van der Waals surface area (Å²) in [5, 5.41) is 0. The van der Waals surface area contributed by atoms with E-state index >= 15 is 0 Å². The van der Waals surface area contributed by atoms with Crippen molar-refractivity contribution in [3.63, 3.8) is 0 Å². The van der Waals surface area contributed by atoms with E-state index < -0.39 is 0 Å². The van der Waals surface area contributed by atoms with Gasteiger partial charge in [-0.2, -0.15) is 0 Å². The summed E-state index contributed by atoms with van der Waals surface area (Å²) in [5.41, 5.74) is 1.30. The van der Waals surface area contributed by atoms with Crippen molar-refractivity contribution < 1.29 is 11.0 Å². The van der Waals surface area contributed by atoms with Gasteiger partial charge in [0.05, 0.1) is 0 Å². The van der Waals surface area contributed by atoms with Crippen LogP contribution in [0.1, 0.15) is 0 Å². The molecule has 56 valence electrons.